The van der Waals surface area contributed by atoms with E-state index in [0.717, 1.165) is 22.1 Å². The van der Waals surface area contributed by atoms with Gasteiger partial charge < -0.3 is 10.1 Å². The number of alkyl halides is 3. The zero-order valence-corrected chi connectivity index (χ0v) is 14.6. The summed E-state index contributed by atoms with van der Waals surface area (Å²) in [5, 5.41) is 3.50. The van der Waals surface area contributed by atoms with E-state index in [2.05, 4.69) is 50.3 Å². The van der Waals surface area contributed by atoms with Crippen LogP contribution in [0.15, 0.2) is 59.1 Å². The third-order valence-corrected chi connectivity index (χ3v) is 5.33. The molecule has 0 radical (unpaired) electrons. The maximum Gasteiger partial charge on any atom is 0.573 e. The van der Waals surface area contributed by atoms with Gasteiger partial charge in [-0.25, -0.2) is 0 Å². The minimum Gasteiger partial charge on any atom is -0.406 e. The van der Waals surface area contributed by atoms with E-state index < -0.39 is 6.36 Å². The minimum atomic E-state index is -4.68. The summed E-state index contributed by atoms with van der Waals surface area (Å²) in [7, 11) is 0. The Morgan fingerprint density at radius 3 is 2.56 bits per heavy atom. The van der Waals surface area contributed by atoms with Crippen molar-refractivity contribution < 1.29 is 17.9 Å². The Hall–Kier alpha value is -1.95. The molecule has 0 amide bonds. The quantitative estimate of drug-likeness (QED) is 0.598. The van der Waals surface area contributed by atoms with Gasteiger partial charge in [0.1, 0.15) is 5.75 Å². The molecular formula is C19H15BrF3NO. The molecule has 4 rings (SSSR count). The number of benzene rings is 2. The van der Waals surface area contributed by atoms with Crippen LogP contribution < -0.4 is 10.1 Å². The van der Waals surface area contributed by atoms with Crippen molar-refractivity contribution in [3.63, 3.8) is 0 Å². The number of hydrogen-bond donors (Lipinski definition) is 1. The van der Waals surface area contributed by atoms with Crippen LogP contribution in [0.5, 0.6) is 5.75 Å². The van der Waals surface area contributed by atoms with Crippen molar-refractivity contribution >= 4 is 21.6 Å². The van der Waals surface area contributed by atoms with E-state index >= 15 is 0 Å². The summed E-state index contributed by atoms with van der Waals surface area (Å²) in [6.07, 6.45) is 0.409. The third-order valence-electron chi connectivity index (χ3n) is 4.80. The van der Waals surface area contributed by atoms with Gasteiger partial charge in [-0.3, -0.25) is 0 Å². The molecule has 3 atom stereocenters. The smallest absolute Gasteiger partial charge is 0.406 e. The molecule has 2 nitrogen and oxygen atoms in total. The molecule has 1 N–H and O–H groups in total. The second-order valence-corrected chi connectivity index (χ2v) is 7.24. The van der Waals surface area contributed by atoms with Gasteiger partial charge in [-0.15, -0.1) is 13.2 Å². The zero-order valence-electron chi connectivity index (χ0n) is 13.1. The molecule has 0 fully saturated rings. The number of ether oxygens (including phenoxy) is 1. The predicted molar refractivity (Wildman–Crippen MR) is 93.6 cm³/mol. The van der Waals surface area contributed by atoms with E-state index in [0.29, 0.717) is 0 Å². The van der Waals surface area contributed by atoms with E-state index in [9.17, 15) is 13.2 Å². The molecule has 0 aromatic heterocycles. The van der Waals surface area contributed by atoms with Crippen molar-refractivity contribution in [2.45, 2.75) is 24.7 Å². The van der Waals surface area contributed by atoms with Crippen LogP contribution in [0, 0.1) is 5.92 Å². The molecule has 0 unspecified atom stereocenters. The van der Waals surface area contributed by atoms with E-state index in [1.807, 2.05) is 12.1 Å². The van der Waals surface area contributed by atoms with Gasteiger partial charge in [0.25, 0.3) is 0 Å². The summed E-state index contributed by atoms with van der Waals surface area (Å²) < 4.78 is 42.6. The monoisotopic (exact) mass is 409 g/mol. The molecule has 2 aromatic carbocycles. The first-order valence-electron chi connectivity index (χ1n) is 7.99. The molecule has 0 saturated heterocycles. The van der Waals surface area contributed by atoms with Crippen molar-refractivity contribution in [2.24, 2.45) is 5.92 Å². The second-order valence-electron chi connectivity index (χ2n) is 6.32. The van der Waals surface area contributed by atoms with Crippen molar-refractivity contribution in [1.82, 2.24) is 0 Å². The molecule has 1 aliphatic heterocycles. The van der Waals surface area contributed by atoms with Gasteiger partial charge in [0.15, 0.2) is 0 Å². The SMILES string of the molecule is FC(F)(F)Oc1ccc2c(c1)[C@H]1C=CC[C@H]1[C@H](c1ccc(Br)cc1)N2. The number of hydrogen-bond acceptors (Lipinski definition) is 2. The van der Waals surface area contributed by atoms with Crippen molar-refractivity contribution in [2.75, 3.05) is 5.32 Å². The molecule has 0 spiro atoms. The number of rotatable bonds is 2. The lowest BCUT2D eigenvalue weighted by Gasteiger charge is -2.37. The van der Waals surface area contributed by atoms with E-state index in [1.54, 1.807) is 6.07 Å². The molecule has 1 heterocycles. The Morgan fingerprint density at radius 2 is 1.84 bits per heavy atom. The minimum absolute atomic E-state index is 0.0849. The standard InChI is InChI=1S/C19H15BrF3NO/c20-12-6-4-11(5-7-12)18-15-3-1-2-14(15)16-10-13(25-19(21,22)23)8-9-17(16)24-18/h1-2,4-10,14-15,18,24H,3H2/t14-,15+,18-/m0/s1. The number of allylic oxidation sites excluding steroid dienone is 2. The number of fused-ring (bicyclic) bond motifs is 3. The second kappa shape index (κ2) is 6.09. The number of nitrogens with one attached hydrogen (secondary N) is 1. The maximum absolute atomic E-state index is 12.5. The summed E-state index contributed by atoms with van der Waals surface area (Å²) in [5.74, 6) is 0.186. The lowest BCUT2D eigenvalue weighted by Crippen LogP contribution is -2.29. The van der Waals surface area contributed by atoms with Gasteiger partial charge >= 0.3 is 6.36 Å². The van der Waals surface area contributed by atoms with Gasteiger partial charge in [0, 0.05) is 16.1 Å². The fraction of sp³-hybridized carbons (Fsp3) is 0.263. The summed E-state index contributed by atoms with van der Waals surface area (Å²) in [4.78, 5) is 0. The largest absolute Gasteiger partial charge is 0.573 e. The van der Waals surface area contributed by atoms with Gasteiger partial charge in [0.05, 0.1) is 6.04 Å². The first kappa shape index (κ1) is 16.5. The average molecular weight is 410 g/mol. The highest BCUT2D eigenvalue weighted by molar-refractivity contribution is 9.10. The van der Waals surface area contributed by atoms with Gasteiger partial charge in [0.2, 0.25) is 0 Å². The molecule has 1 aliphatic carbocycles. The molecule has 2 aliphatic rings. The van der Waals surface area contributed by atoms with Crippen LogP contribution in [0.2, 0.25) is 0 Å². The van der Waals surface area contributed by atoms with Gasteiger partial charge in [-0.2, -0.15) is 0 Å². The topological polar surface area (TPSA) is 21.3 Å². The van der Waals surface area contributed by atoms with Crippen LogP contribution in [-0.2, 0) is 0 Å². The lowest BCUT2D eigenvalue weighted by atomic mass is 9.77. The normalized spacial score (nSPS) is 24.4. The predicted octanol–water partition coefficient (Wildman–Crippen LogP) is 6.17. The first-order chi connectivity index (χ1) is 11.9. The first-order valence-corrected chi connectivity index (χ1v) is 8.78. The molecule has 25 heavy (non-hydrogen) atoms. The highest BCUT2D eigenvalue weighted by Crippen LogP contribution is 2.50. The number of halogens is 4. The molecule has 6 heteroatoms. The third kappa shape index (κ3) is 3.27. The Kier molecular flexibility index (Phi) is 4.02. The fourth-order valence-electron chi connectivity index (χ4n) is 3.77. The molecular weight excluding hydrogens is 395 g/mol. The lowest BCUT2D eigenvalue weighted by molar-refractivity contribution is -0.274. The molecule has 0 bridgehead atoms. The maximum atomic E-state index is 12.5. The van der Waals surface area contributed by atoms with E-state index in [1.165, 1.54) is 17.7 Å². The Morgan fingerprint density at radius 1 is 1.08 bits per heavy atom. The zero-order chi connectivity index (χ0) is 17.6. The van der Waals surface area contributed by atoms with Crippen LogP contribution in [0.3, 0.4) is 0 Å². The molecule has 2 aromatic rings. The van der Waals surface area contributed by atoms with Crippen molar-refractivity contribution in [1.29, 1.82) is 0 Å². The highest BCUT2D eigenvalue weighted by Gasteiger charge is 2.38. The van der Waals surface area contributed by atoms with Gasteiger partial charge in [-0.05, 0) is 53.8 Å². The molecule has 0 saturated carbocycles. The van der Waals surface area contributed by atoms with E-state index in [-0.39, 0.29) is 23.6 Å². The van der Waals surface area contributed by atoms with Crippen LogP contribution in [0.1, 0.15) is 29.5 Å². The highest BCUT2D eigenvalue weighted by atomic mass is 79.9. The van der Waals surface area contributed by atoms with Crippen LogP contribution in [0.4, 0.5) is 18.9 Å². The average Bonchev–Trinajstić information content (AvgIpc) is 3.03. The Labute approximate surface area is 151 Å². The van der Waals surface area contributed by atoms with Crippen LogP contribution in [-0.4, -0.2) is 6.36 Å². The van der Waals surface area contributed by atoms with Crippen LogP contribution in [0.25, 0.3) is 0 Å². The van der Waals surface area contributed by atoms with Crippen molar-refractivity contribution in [3.8, 4) is 5.75 Å². The van der Waals surface area contributed by atoms with E-state index in [4.69, 9.17) is 0 Å². The number of anilines is 1. The summed E-state index contributed by atoms with van der Waals surface area (Å²) in [6, 6.07) is 12.8. The summed E-state index contributed by atoms with van der Waals surface area (Å²) >= 11 is 3.44. The van der Waals surface area contributed by atoms with Gasteiger partial charge in [-0.1, -0.05) is 40.2 Å². The van der Waals surface area contributed by atoms with Crippen molar-refractivity contribution in [3.05, 3.63) is 70.2 Å². The van der Waals surface area contributed by atoms with Crippen LogP contribution >= 0.6 is 15.9 Å². The summed E-state index contributed by atoms with van der Waals surface area (Å²) in [5.41, 5.74) is 2.88. The molecule has 130 valence electrons. The fourth-order valence-corrected chi connectivity index (χ4v) is 4.03. The summed E-state index contributed by atoms with van der Waals surface area (Å²) in [6.45, 7) is 0. The Bertz CT molecular complexity index is 816. The Balaban J connectivity index is 1.70.